The molecular formula is C13H16FN3. The van der Waals surface area contributed by atoms with E-state index >= 15 is 0 Å². The van der Waals surface area contributed by atoms with Crippen LogP contribution in [-0.4, -0.2) is 16.0 Å². The molecule has 0 spiro atoms. The second-order valence-corrected chi connectivity index (χ2v) is 4.15. The Balaban J connectivity index is 1.83. The van der Waals surface area contributed by atoms with Crippen LogP contribution in [0.25, 0.3) is 0 Å². The minimum Gasteiger partial charge on any atom is -0.348 e. The number of hydrogen-bond acceptors (Lipinski definition) is 2. The molecule has 0 fully saturated rings. The van der Waals surface area contributed by atoms with E-state index in [2.05, 4.69) is 22.2 Å². The first kappa shape index (κ1) is 11.8. The number of aromatic nitrogens is 2. The van der Waals surface area contributed by atoms with Crippen molar-refractivity contribution in [2.75, 3.05) is 0 Å². The first-order chi connectivity index (χ1) is 8.24. The molecule has 0 aliphatic carbocycles. The highest BCUT2D eigenvalue weighted by atomic mass is 19.1. The molecule has 0 saturated heterocycles. The second kappa shape index (κ2) is 5.59. The maximum atomic E-state index is 13.0. The van der Waals surface area contributed by atoms with Crippen molar-refractivity contribution in [3.8, 4) is 0 Å². The molecule has 1 unspecified atom stereocenters. The van der Waals surface area contributed by atoms with Gasteiger partial charge in [-0.25, -0.2) is 9.37 Å². The minimum absolute atomic E-state index is 0.180. The summed E-state index contributed by atoms with van der Waals surface area (Å²) in [5.41, 5.74) is 1.00. The molecule has 0 radical (unpaired) electrons. The second-order valence-electron chi connectivity index (χ2n) is 4.15. The van der Waals surface area contributed by atoms with E-state index in [1.165, 1.54) is 6.07 Å². The van der Waals surface area contributed by atoms with Crippen LogP contribution >= 0.6 is 0 Å². The van der Waals surface area contributed by atoms with Crippen molar-refractivity contribution in [3.05, 3.63) is 53.9 Å². The molecule has 1 aromatic carbocycles. The summed E-state index contributed by atoms with van der Waals surface area (Å²) >= 11 is 0. The van der Waals surface area contributed by atoms with Crippen molar-refractivity contribution in [2.24, 2.45) is 0 Å². The third-order valence-electron chi connectivity index (χ3n) is 2.60. The van der Waals surface area contributed by atoms with Crippen LogP contribution in [0, 0.1) is 5.82 Å². The van der Waals surface area contributed by atoms with Crippen LogP contribution in [0.4, 0.5) is 4.39 Å². The van der Waals surface area contributed by atoms with E-state index in [0.717, 1.165) is 17.8 Å². The number of rotatable bonds is 5. The summed E-state index contributed by atoms with van der Waals surface area (Å²) in [4.78, 5) is 7.16. The van der Waals surface area contributed by atoms with Gasteiger partial charge in [-0.15, -0.1) is 0 Å². The quantitative estimate of drug-likeness (QED) is 0.831. The van der Waals surface area contributed by atoms with E-state index in [1.54, 1.807) is 24.5 Å². The van der Waals surface area contributed by atoms with Gasteiger partial charge in [0.05, 0.1) is 6.54 Å². The van der Waals surface area contributed by atoms with E-state index in [1.807, 2.05) is 6.07 Å². The van der Waals surface area contributed by atoms with E-state index in [-0.39, 0.29) is 11.9 Å². The first-order valence-electron chi connectivity index (χ1n) is 5.70. The van der Waals surface area contributed by atoms with Gasteiger partial charge in [0.25, 0.3) is 0 Å². The Morgan fingerprint density at radius 1 is 1.47 bits per heavy atom. The minimum atomic E-state index is -0.180. The van der Waals surface area contributed by atoms with Gasteiger partial charge in [0, 0.05) is 18.4 Å². The highest BCUT2D eigenvalue weighted by Gasteiger charge is 2.04. The summed E-state index contributed by atoms with van der Waals surface area (Å²) < 4.78 is 13.0. The predicted octanol–water partition coefficient (Wildman–Crippen LogP) is 2.27. The van der Waals surface area contributed by atoms with E-state index in [0.29, 0.717) is 6.54 Å². The number of benzene rings is 1. The Labute approximate surface area is 100 Å². The van der Waals surface area contributed by atoms with Gasteiger partial charge in [-0.1, -0.05) is 12.1 Å². The van der Waals surface area contributed by atoms with Crippen LogP contribution in [0.15, 0.2) is 36.7 Å². The lowest BCUT2D eigenvalue weighted by atomic mass is 10.1. The standard InChI is InChI=1S/C13H16FN3/c1-10(17-9-13-15-5-6-16-13)7-11-3-2-4-12(14)8-11/h2-6,8,10,17H,7,9H2,1H3,(H,15,16). The van der Waals surface area contributed by atoms with Crippen LogP contribution < -0.4 is 5.32 Å². The fourth-order valence-electron chi connectivity index (χ4n) is 1.76. The van der Waals surface area contributed by atoms with Crippen molar-refractivity contribution >= 4 is 0 Å². The van der Waals surface area contributed by atoms with Gasteiger partial charge in [0.15, 0.2) is 0 Å². The Kier molecular flexibility index (Phi) is 3.88. The third kappa shape index (κ3) is 3.67. The van der Waals surface area contributed by atoms with Gasteiger partial charge in [0.2, 0.25) is 0 Å². The molecule has 0 saturated carbocycles. The predicted molar refractivity (Wildman–Crippen MR) is 65.0 cm³/mol. The Morgan fingerprint density at radius 3 is 3.06 bits per heavy atom. The lowest BCUT2D eigenvalue weighted by Crippen LogP contribution is -2.28. The highest BCUT2D eigenvalue weighted by molar-refractivity contribution is 5.17. The number of H-pyrrole nitrogens is 1. The molecule has 0 bridgehead atoms. The molecule has 3 nitrogen and oxygen atoms in total. The van der Waals surface area contributed by atoms with Gasteiger partial charge in [-0.3, -0.25) is 0 Å². The Bertz CT molecular complexity index is 453. The smallest absolute Gasteiger partial charge is 0.123 e. The molecule has 2 N–H and O–H groups in total. The van der Waals surface area contributed by atoms with Crippen LogP contribution in [0.5, 0.6) is 0 Å². The zero-order chi connectivity index (χ0) is 12.1. The molecule has 0 amide bonds. The van der Waals surface area contributed by atoms with Crippen molar-refractivity contribution in [2.45, 2.75) is 25.9 Å². The summed E-state index contributed by atoms with van der Waals surface area (Å²) in [5, 5.41) is 3.34. The Morgan fingerprint density at radius 2 is 2.35 bits per heavy atom. The van der Waals surface area contributed by atoms with Crippen molar-refractivity contribution < 1.29 is 4.39 Å². The largest absolute Gasteiger partial charge is 0.348 e. The summed E-state index contributed by atoms with van der Waals surface area (Å²) in [5.74, 6) is 0.733. The van der Waals surface area contributed by atoms with Crippen LogP contribution in [0.3, 0.4) is 0 Å². The monoisotopic (exact) mass is 233 g/mol. The zero-order valence-corrected chi connectivity index (χ0v) is 9.78. The summed E-state index contributed by atoms with van der Waals surface area (Å²) in [6, 6.07) is 7.00. The fraction of sp³-hybridized carbons (Fsp3) is 0.308. The molecule has 0 aliphatic heterocycles. The van der Waals surface area contributed by atoms with Crippen molar-refractivity contribution in [3.63, 3.8) is 0 Å². The SMILES string of the molecule is CC(Cc1cccc(F)c1)NCc1ncc[nH]1. The number of nitrogens with one attached hydrogen (secondary N) is 2. The zero-order valence-electron chi connectivity index (χ0n) is 9.78. The van der Waals surface area contributed by atoms with E-state index in [4.69, 9.17) is 0 Å². The molecule has 17 heavy (non-hydrogen) atoms. The lowest BCUT2D eigenvalue weighted by molar-refractivity contribution is 0.533. The normalized spacial score (nSPS) is 12.6. The van der Waals surface area contributed by atoms with E-state index in [9.17, 15) is 4.39 Å². The molecule has 2 aromatic rings. The molecule has 90 valence electrons. The molecular weight excluding hydrogens is 217 g/mol. The van der Waals surface area contributed by atoms with Crippen LogP contribution in [0.2, 0.25) is 0 Å². The number of halogens is 1. The number of aromatic amines is 1. The molecule has 1 atom stereocenters. The molecule has 0 aliphatic rings. The van der Waals surface area contributed by atoms with Crippen molar-refractivity contribution in [1.29, 1.82) is 0 Å². The molecule has 2 rings (SSSR count). The topological polar surface area (TPSA) is 40.7 Å². The number of hydrogen-bond donors (Lipinski definition) is 2. The average molecular weight is 233 g/mol. The summed E-state index contributed by atoms with van der Waals surface area (Å²) in [6.45, 7) is 2.78. The first-order valence-corrected chi connectivity index (χ1v) is 5.70. The number of imidazole rings is 1. The van der Waals surface area contributed by atoms with Crippen LogP contribution in [-0.2, 0) is 13.0 Å². The van der Waals surface area contributed by atoms with Gasteiger partial charge < -0.3 is 10.3 Å². The van der Waals surface area contributed by atoms with Gasteiger partial charge in [-0.2, -0.15) is 0 Å². The maximum absolute atomic E-state index is 13.0. The highest BCUT2D eigenvalue weighted by Crippen LogP contribution is 2.06. The fourth-order valence-corrected chi connectivity index (χ4v) is 1.76. The van der Waals surface area contributed by atoms with Gasteiger partial charge in [0.1, 0.15) is 11.6 Å². The molecule has 1 heterocycles. The average Bonchev–Trinajstić information content (AvgIpc) is 2.79. The van der Waals surface area contributed by atoms with E-state index < -0.39 is 0 Å². The summed E-state index contributed by atoms with van der Waals surface area (Å²) in [6.07, 6.45) is 4.33. The number of nitrogens with zero attached hydrogens (tertiary/aromatic N) is 1. The molecule has 4 heteroatoms. The Hall–Kier alpha value is -1.68. The van der Waals surface area contributed by atoms with Crippen molar-refractivity contribution in [1.82, 2.24) is 15.3 Å². The van der Waals surface area contributed by atoms with Gasteiger partial charge in [-0.05, 0) is 31.0 Å². The summed E-state index contributed by atoms with van der Waals surface area (Å²) in [7, 11) is 0. The maximum Gasteiger partial charge on any atom is 0.123 e. The lowest BCUT2D eigenvalue weighted by Gasteiger charge is -2.12. The third-order valence-corrected chi connectivity index (χ3v) is 2.60. The molecule has 1 aromatic heterocycles. The van der Waals surface area contributed by atoms with Gasteiger partial charge >= 0.3 is 0 Å². The van der Waals surface area contributed by atoms with Crippen LogP contribution in [0.1, 0.15) is 18.3 Å².